The highest BCUT2D eigenvalue weighted by Crippen LogP contribution is 1.99. The fourth-order valence-electron chi connectivity index (χ4n) is 1.32. The number of nitrogens with zero attached hydrogens (tertiary/aromatic N) is 1. The largest absolute Gasteiger partial charge is 0.469 e. The summed E-state index contributed by atoms with van der Waals surface area (Å²) in [6, 6.07) is 3.33. The van der Waals surface area contributed by atoms with Gasteiger partial charge in [0.15, 0.2) is 0 Å². The van der Waals surface area contributed by atoms with Crippen molar-refractivity contribution in [2.75, 3.05) is 7.11 Å². The molecule has 96 valence electrons. The Balaban J connectivity index is 2.42. The van der Waals surface area contributed by atoms with Gasteiger partial charge in [-0.1, -0.05) is 0 Å². The number of amides is 1. The van der Waals surface area contributed by atoms with Crippen LogP contribution in [0, 0.1) is 0 Å². The first-order chi connectivity index (χ1) is 8.61. The molecule has 0 radical (unpaired) electrons. The zero-order chi connectivity index (χ0) is 13.4. The lowest BCUT2D eigenvalue weighted by Crippen LogP contribution is -2.33. The molecule has 1 N–H and O–H groups in total. The number of hydrogen-bond donors (Lipinski definition) is 1. The SMILES string of the molecule is COC(=O)C[C@@H](C)NC(=O)/C=C/c1ccncc1. The van der Waals surface area contributed by atoms with Crippen molar-refractivity contribution >= 4 is 18.0 Å². The van der Waals surface area contributed by atoms with E-state index in [4.69, 9.17) is 0 Å². The molecule has 0 unspecified atom stereocenters. The van der Waals surface area contributed by atoms with Gasteiger partial charge in [-0.05, 0) is 30.7 Å². The van der Waals surface area contributed by atoms with Crippen LogP contribution in [0.5, 0.6) is 0 Å². The van der Waals surface area contributed by atoms with E-state index in [-0.39, 0.29) is 24.3 Å². The first-order valence-corrected chi connectivity index (χ1v) is 5.57. The van der Waals surface area contributed by atoms with Gasteiger partial charge in [0.1, 0.15) is 0 Å². The number of carbonyl (C=O) groups is 2. The predicted molar refractivity (Wildman–Crippen MR) is 67.5 cm³/mol. The third kappa shape index (κ3) is 5.25. The van der Waals surface area contributed by atoms with E-state index in [1.807, 2.05) is 0 Å². The van der Waals surface area contributed by atoms with Crippen molar-refractivity contribution in [1.82, 2.24) is 10.3 Å². The Labute approximate surface area is 106 Å². The minimum absolute atomic E-state index is 0.158. The zero-order valence-corrected chi connectivity index (χ0v) is 10.4. The van der Waals surface area contributed by atoms with Gasteiger partial charge in [-0.2, -0.15) is 0 Å². The first-order valence-electron chi connectivity index (χ1n) is 5.57. The summed E-state index contributed by atoms with van der Waals surface area (Å²) in [5.41, 5.74) is 0.890. The quantitative estimate of drug-likeness (QED) is 0.627. The van der Waals surface area contributed by atoms with Gasteiger partial charge in [-0.15, -0.1) is 0 Å². The molecule has 1 heterocycles. The minimum Gasteiger partial charge on any atom is -0.469 e. The van der Waals surface area contributed by atoms with Crippen LogP contribution in [0.15, 0.2) is 30.6 Å². The van der Waals surface area contributed by atoms with E-state index in [2.05, 4.69) is 15.0 Å². The van der Waals surface area contributed by atoms with Gasteiger partial charge in [0.05, 0.1) is 13.5 Å². The molecule has 0 bridgehead atoms. The Morgan fingerprint density at radius 2 is 2.11 bits per heavy atom. The fourth-order valence-corrected chi connectivity index (χ4v) is 1.32. The van der Waals surface area contributed by atoms with E-state index >= 15 is 0 Å². The van der Waals surface area contributed by atoms with Gasteiger partial charge in [0.25, 0.3) is 0 Å². The number of carbonyl (C=O) groups excluding carboxylic acids is 2. The van der Waals surface area contributed by atoms with E-state index < -0.39 is 0 Å². The van der Waals surface area contributed by atoms with Crippen LogP contribution in [-0.2, 0) is 14.3 Å². The maximum absolute atomic E-state index is 11.5. The van der Waals surface area contributed by atoms with E-state index in [1.165, 1.54) is 13.2 Å². The van der Waals surface area contributed by atoms with Crippen LogP contribution < -0.4 is 5.32 Å². The number of ether oxygens (including phenoxy) is 1. The lowest BCUT2D eigenvalue weighted by Gasteiger charge is -2.10. The smallest absolute Gasteiger partial charge is 0.307 e. The molecule has 1 amide bonds. The minimum atomic E-state index is -0.346. The molecule has 0 aromatic carbocycles. The third-order valence-electron chi connectivity index (χ3n) is 2.22. The van der Waals surface area contributed by atoms with Gasteiger partial charge in [-0.25, -0.2) is 0 Å². The van der Waals surface area contributed by atoms with Gasteiger partial charge in [-0.3, -0.25) is 14.6 Å². The van der Waals surface area contributed by atoms with Crippen molar-refractivity contribution in [1.29, 1.82) is 0 Å². The van der Waals surface area contributed by atoms with Crippen LogP contribution in [-0.4, -0.2) is 30.0 Å². The summed E-state index contributed by atoms with van der Waals surface area (Å²) in [4.78, 5) is 26.4. The molecule has 0 spiro atoms. The third-order valence-corrected chi connectivity index (χ3v) is 2.22. The molecule has 0 aliphatic rings. The van der Waals surface area contributed by atoms with Crippen molar-refractivity contribution in [3.63, 3.8) is 0 Å². The van der Waals surface area contributed by atoms with E-state index in [0.717, 1.165) is 5.56 Å². The highest BCUT2D eigenvalue weighted by Gasteiger charge is 2.10. The summed E-state index contributed by atoms with van der Waals surface area (Å²) >= 11 is 0. The number of esters is 1. The predicted octanol–water partition coefficient (Wildman–Crippen LogP) is 1.16. The summed E-state index contributed by atoms with van der Waals surface area (Å²) < 4.78 is 4.52. The second kappa shape index (κ2) is 7.21. The fraction of sp³-hybridized carbons (Fsp3) is 0.308. The average molecular weight is 248 g/mol. The number of nitrogens with one attached hydrogen (secondary N) is 1. The maximum Gasteiger partial charge on any atom is 0.307 e. The second-order valence-corrected chi connectivity index (χ2v) is 3.80. The standard InChI is InChI=1S/C13H16N2O3/c1-10(9-13(17)18-2)15-12(16)4-3-11-5-7-14-8-6-11/h3-8,10H,9H2,1-2H3,(H,15,16)/b4-3+/t10-/m1/s1. The summed E-state index contributed by atoms with van der Waals surface area (Å²) in [5, 5.41) is 2.67. The lowest BCUT2D eigenvalue weighted by atomic mass is 10.2. The van der Waals surface area contributed by atoms with Crippen molar-refractivity contribution in [2.45, 2.75) is 19.4 Å². The van der Waals surface area contributed by atoms with Crippen LogP contribution >= 0.6 is 0 Å². The molecule has 1 atom stereocenters. The van der Waals surface area contributed by atoms with Gasteiger partial charge in [0, 0.05) is 24.5 Å². The lowest BCUT2D eigenvalue weighted by molar-refractivity contribution is -0.141. The molecule has 5 heteroatoms. The number of methoxy groups -OCH3 is 1. The van der Waals surface area contributed by atoms with Crippen molar-refractivity contribution in [2.24, 2.45) is 0 Å². The van der Waals surface area contributed by atoms with Crippen molar-refractivity contribution in [3.8, 4) is 0 Å². The van der Waals surface area contributed by atoms with Gasteiger partial charge >= 0.3 is 5.97 Å². The molecule has 0 saturated carbocycles. The molecule has 1 aromatic heterocycles. The van der Waals surface area contributed by atoms with Crippen LogP contribution in [0.3, 0.4) is 0 Å². The molecule has 0 aliphatic heterocycles. The summed E-state index contributed by atoms with van der Waals surface area (Å²) in [5.74, 6) is -0.593. The monoisotopic (exact) mass is 248 g/mol. The Morgan fingerprint density at radius 1 is 1.44 bits per heavy atom. The molecule has 1 rings (SSSR count). The maximum atomic E-state index is 11.5. The Morgan fingerprint density at radius 3 is 2.72 bits per heavy atom. The van der Waals surface area contributed by atoms with E-state index in [1.54, 1.807) is 37.5 Å². The molecule has 0 fully saturated rings. The summed E-state index contributed by atoms with van der Waals surface area (Å²) in [6.45, 7) is 1.75. The Hall–Kier alpha value is -2.17. The van der Waals surface area contributed by atoms with Crippen LogP contribution in [0.1, 0.15) is 18.9 Å². The summed E-state index contributed by atoms with van der Waals surface area (Å²) in [6.07, 6.45) is 6.56. The Kier molecular flexibility index (Phi) is 5.57. The first kappa shape index (κ1) is 13.9. The van der Waals surface area contributed by atoms with Crippen LogP contribution in [0.4, 0.5) is 0 Å². The number of hydrogen-bond acceptors (Lipinski definition) is 4. The van der Waals surface area contributed by atoms with Crippen LogP contribution in [0.25, 0.3) is 6.08 Å². The molecular formula is C13H16N2O3. The van der Waals surface area contributed by atoms with Gasteiger partial charge in [0.2, 0.25) is 5.91 Å². The molecule has 1 aromatic rings. The number of aromatic nitrogens is 1. The Bertz CT molecular complexity index is 429. The topological polar surface area (TPSA) is 68.3 Å². The zero-order valence-electron chi connectivity index (χ0n) is 10.4. The van der Waals surface area contributed by atoms with Crippen molar-refractivity contribution in [3.05, 3.63) is 36.2 Å². The van der Waals surface area contributed by atoms with Crippen molar-refractivity contribution < 1.29 is 14.3 Å². The highest BCUT2D eigenvalue weighted by molar-refractivity contribution is 5.92. The average Bonchev–Trinajstić information content (AvgIpc) is 2.37. The van der Waals surface area contributed by atoms with Crippen LogP contribution in [0.2, 0.25) is 0 Å². The summed E-state index contributed by atoms with van der Waals surface area (Å²) in [7, 11) is 1.32. The molecule has 5 nitrogen and oxygen atoms in total. The molecular weight excluding hydrogens is 232 g/mol. The molecule has 0 aliphatic carbocycles. The van der Waals surface area contributed by atoms with E-state index in [9.17, 15) is 9.59 Å². The molecule has 18 heavy (non-hydrogen) atoms. The van der Waals surface area contributed by atoms with Gasteiger partial charge < -0.3 is 10.1 Å². The highest BCUT2D eigenvalue weighted by atomic mass is 16.5. The normalized spacial score (nSPS) is 12.1. The van der Waals surface area contributed by atoms with E-state index in [0.29, 0.717) is 0 Å². The second-order valence-electron chi connectivity index (χ2n) is 3.80. The number of pyridine rings is 1. The molecule has 0 saturated heterocycles. The number of rotatable bonds is 5.